The molecule has 0 aromatic carbocycles. The highest BCUT2D eigenvalue weighted by Crippen LogP contribution is 2.34. The van der Waals surface area contributed by atoms with Crippen molar-refractivity contribution in [3.05, 3.63) is 0 Å². The van der Waals surface area contributed by atoms with Crippen molar-refractivity contribution in [2.24, 2.45) is 11.8 Å². The third-order valence-corrected chi connectivity index (χ3v) is 3.68. The van der Waals surface area contributed by atoms with Gasteiger partial charge in [-0.05, 0) is 25.2 Å². The summed E-state index contributed by atoms with van der Waals surface area (Å²) >= 11 is 0. The first-order valence-electron chi connectivity index (χ1n) is 5.77. The van der Waals surface area contributed by atoms with Gasteiger partial charge in [0.15, 0.2) is 6.29 Å². The van der Waals surface area contributed by atoms with Crippen LogP contribution < -0.4 is 0 Å². The summed E-state index contributed by atoms with van der Waals surface area (Å²) in [7, 11) is 0. The van der Waals surface area contributed by atoms with Crippen molar-refractivity contribution in [1.82, 2.24) is 0 Å². The van der Waals surface area contributed by atoms with E-state index in [1.165, 1.54) is 19.3 Å². The fraction of sp³-hybridized carbons (Fsp3) is 1.00. The average molecular weight is 200 g/mol. The quantitative estimate of drug-likeness (QED) is 0.706. The number of ether oxygens (including phenoxy) is 1. The summed E-state index contributed by atoms with van der Waals surface area (Å²) in [6.45, 7) is 0.593. The number of hydrogen-bond acceptors (Lipinski definition) is 3. The molecule has 0 bridgehead atoms. The first-order valence-corrected chi connectivity index (χ1v) is 5.77. The SMILES string of the molecule is OC1OCCC1C(O)C1CCCCC1. The van der Waals surface area contributed by atoms with Crippen molar-refractivity contribution in [3.8, 4) is 0 Å². The Labute approximate surface area is 85.1 Å². The number of aliphatic hydroxyl groups excluding tert-OH is 2. The monoisotopic (exact) mass is 200 g/mol. The average Bonchev–Trinajstić information content (AvgIpc) is 2.65. The molecule has 3 atom stereocenters. The molecule has 3 nitrogen and oxygen atoms in total. The summed E-state index contributed by atoms with van der Waals surface area (Å²) in [5.74, 6) is 0.350. The van der Waals surface area contributed by atoms with E-state index in [1.54, 1.807) is 0 Å². The van der Waals surface area contributed by atoms with Crippen molar-refractivity contribution >= 4 is 0 Å². The van der Waals surface area contributed by atoms with Crippen LogP contribution in [-0.2, 0) is 4.74 Å². The standard InChI is InChI=1S/C11H20O3/c12-10(8-4-2-1-3-5-8)9-6-7-14-11(9)13/h8-13H,1-7H2. The first kappa shape index (κ1) is 10.4. The van der Waals surface area contributed by atoms with E-state index in [9.17, 15) is 10.2 Å². The van der Waals surface area contributed by atoms with Gasteiger partial charge in [0.25, 0.3) is 0 Å². The number of rotatable bonds is 2. The van der Waals surface area contributed by atoms with Gasteiger partial charge >= 0.3 is 0 Å². The lowest BCUT2D eigenvalue weighted by Crippen LogP contribution is -2.35. The van der Waals surface area contributed by atoms with Crippen molar-refractivity contribution in [2.45, 2.75) is 50.9 Å². The van der Waals surface area contributed by atoms with E-state index >= 15 is 0 Å². The zero-order valence-electron chi connectivity index (χ0n) is 8.56. The van der Waals surface area contributed by atoms with Gasteiger partial charge in [0.2, 0.25) is 0 Å². The molecule has 0 aromatic heterocycles. The van der Waals surface area contributed by atoms with Crippen molar-refractivity contribution < 1.29 is 14.9 Å². The third kappa shape index (κ3) is 2.10. The molecule has 2 fully saturated rings. The van der Waals surface area contributed by atoms with E-state index in [4.69, 9.17) is 4.74 Å². The van der Waals surface area contributed by atoms with E-state index in [-0.39, 0.29) is 12.0 Å². The van der Waals surface area contributed by atoms with Crippen molar-refractivity contribution in [3.63, 3.8) is 0 Å². The van der Waals surface area contributed by atoms with Crippen LogP contribution in [0.5, 0.6) is 0 Å². The first-order chi connectivity index (χ1) is 6.79. The van der Waals surface area contributed by atoms with E-state index in [0.29, 0.717) is 12.5 Å². The highest BCUT2D eigenvalue weighted by atomic mass is 16.6. The maximum absolute atomic E-state index is 10.1. The van der Waals surface area contributed by atoms with Crippen LogP contribution >= 0.6 is 0 Å². The molecule has 82 valence electrons. The van der Waals surface area contributed by atoms with Gasteiger partial charge in [-0.25, -0.2) is 0 Å². The highest BCUT2D eigenvalue weighted by molar-refractivity contribution is 4.82. The minimum absolute atomic E-state index is 0.0434. The minimum atomic E-state index is -0.730. The molecule has 0 spiro atoms. The molecule has 1 aliphatic heterocycles. The van der Waals surface area contributed by atoms with E-state index in [1.807, 2.05) is 0 Å². The van der Waals surface area contributed by atoms with Gasteiger partial charge in [0.05, 0.1) is 12.7 Å². The number of hydrogen-bond donors (Lipinski definition) is 2. The lowest BCUT2D eigenvalue weighted by atomic mass is 9.80. The second-order valence-electron chi connectivity index (χ2n) is 4.60. The molecule has 0 radical (unpaired) electrons. The summed E-state index contributed by atoms with van der Waals surface area (Å²) in [6, 6.07) is 0. The Hall–Kier alpha value is -0.120. The maximum atomic E-state index is 10.1. The largest absolute Gasteiger partial charge is 0.392 e. The van der Waals surface area contributed by atoms with Gasteiger partial charge in [0, 0.05) is 5.92 Å². The Morgan fingerprint density at radius 1 is 1.07 bits per heavy atom. The van der Waals surface area contributed by atoms with Crippen LogP contribution in [0, 0.1) is 11.8 Å². The lowest BCUT2D eigenvalue weighted by Gasteiger charge is -2.30. The Morgan fingerprint density at radius 2 is 1.79 bits per heavy atom. The molecule has 1 aliphatic carbocycles. The van der Waals surface area contributed by atoms with E-state index in [0.717, 1.165) is 19.3 Å². The second kappa shape index (κ2) is 4.60. The summed E-state index contributed by atoms with van der Waals surface area (Å²) in [5.41, 5.74) is 0. The molecule has 2 N–H and O–H groups in total. The fourth-order valence-corrected chi connectivity index (χ4v) is 2.76. The molecule has 3 heteroatoms. The Bertz CT molecular complexity index is 177. The van der Waals surface area contributed by atoms with Gasteiger partial charge < -0.3 is 14.9 Å². The van der Waals surface area contributed by atoms with Crippen LogP contribution in [0.1, 0.15) is 38.5 Å². The normalized spacial score (nSPS) is 37.3. The molecule has 1 heterocycles. The van der Waals surface area contributed by atoms with Gasteiger partial charge in [-0.15, -0.1) is 0 Å². The highest BCUT2D eigenvalue weighted by Gasteiger charge is 2.36. The van der Waals surface area contributed by atoms with Crippen LogP contribution in [0.2, 0.25) is 0 Å². The van der Waals surface area contributed by atoms with Crippen molar-refractivity contribution in [1.29, 1.82) is 0 Å². The summed E-state index contributed by atoms with van der Waals surface area (Å²) in [4.78, 5) is 0. The molecular weight excluding hydrogens is 180 g/mol. The van der Waals surface area contributed by atoms with Gasteiger partial charge in [-0.3, -0.25) is 0 Å². The van der Waals surface area contributed by atoms with Crippen LogP contribution in [0.4, 0.5) is 0 Å². The van der Waals surface area contributed by atoms with Crippen LogP contribution in [0.25, 0.3) is 0 Å². The molecular formula is C11H20O3. The second-order valence-corrected chi connectivity index (χ2v) is 4.60. The van der Waals surface area contributed by atoms with Crippen LogP contribution in [0.15, 0.2) is 0 Å². The zero-order valence-corrected chi connectivity index (χ0v) is 8.56. The van der Waals surface area contributed by atoms with Gasteiger partial charge in [-0.1, -0.05) is 19.3 Å². The van der Waals surface area contributed by atoms with Crippen LogP contribution in [0.3, 0.4) is 0 Å². The van der Waals surface area contributed by atoms with Crippen LogP contribution in [-0.4, -0.2) is 29.2 Å². The molecule has 14 heavy (non-hydrogen) atoms. The summed E-state index contributed by atoms with van der Waals surface area (Å²) in [6.07, 6.45) is 5.71. The molecule has 2 rings (SSSR count). The Morgan fingerprint density at radius 3 is 2.36 bits per heavy atom. The Kier molecular flexibility index (Phi) is 3.42. The summed E-state index contributed by atoms with van der Waals surface area (Å²) in [5, 5.41) is 19.6. The minimum Gasteiger partial charge on any atom is -0.392 e. The maximum Gasteiger partial charge on any atom is 0.159 e. The van der Waals surface area contributed by atoms with Gasteiger partial charge in [0.1, 0.15) is 0 Å². The molecule has 0 amide bonds. The zero-order chi connectivity index (χ0) is 9.97. The molecule has 0 aromatic rings. The van der Waals surface area contributed by atoms with Crippen molar-refractivity contribution in [2.75, 3.05) is 6.61 Å². The fourth-order valence-electron chi connectivity index (χ4n) is 2.76. The number of aliphatic hydroxyl groups is 2. The predicted octanol–water partition coefficient (Wildman–Crippen LogP) is 1.28. The Balaban J connectivity index is 1.89. The van der Waals surface area contributed by atoms with E-state index < -0.39 is 6.29 Å². The molecule has 2 aliphatic rings. The lowest BCUT2D eigenvalue weighted by molar-refractivity contribution is -0.116. The molecule has 1 saturated heterocycles. The summed E-state index contributed by atoms with van der Waals surface area (Å²) < 4.78 is 5.07. The van der Waals surface area contributed by atoms with E-state index in [2.05, 4.69) is 0 Å². The molecule has 3 unspecified atom stereocenters. The predicted molar refractivity (Wildman–Crippen MR) is 52.6 cm³/mol. The van der Waals surface area contributed by atoms with Gasteiger partial charge in [-0.2, -0.15) is 0 Å². The molecule has 1 saturated carbocycles. The third-order valence-electron chi connectivity index (χ3n) is 3.68. The topological polar surface area (TPSA) is 49.7 Å². The smallest absolute Gasteiger partial charge is 0.159 e.